The number of hydrogen-bond donors (Lipinski definition) is 0. The van der Waals surface area contributed by atoms with Crippen molar-refractivity contribution in [2.75, 3.05) is 0 Å². The largest absolute Gasteiger partial charge is 0.425 e. The molecule has 0 radical (unpaired) electrons. The number of benzene rings is 2. The normalized spacial score (nSPS) is 9.95. The summed E-state index contributed by atoms with van der Waals surface area (Å²) in [6, 6.07) is 13.8. The Balaban J connectivity index is 1.91. The predicted molar refractivity (Wildman–Crippen MR) is 81.6 cm³/mol. The molecule has 0 N–H and O–H groups in total. The SMILES string of the molecule is N#Cc1ccc(CCC(=O)Oc2ccc(Cl)cc2Cl)cc1. The first-order valence-corrected chi connectivity index (χ1v) is 6.99. The number of halogens is 2. The molecule has 0 saturated heterocycles. The average Bonchev–Trinajstić information content (AvgIpc) is 2.48. The molecule has 5 heteroatoms. The number of nitriles is 1. The molecule has 0 aliphatic carbocycles. The minimum atomic E-state index is -0.372. The maximum absolute atomic E-state index is 11.8. The van der Waals surface area contributed by atoms with Gasteiger partial charge in [-0.1, -0.05) is 35.3 Å². The van der Waals surface area contributed by atoms with Crippen molar-refractivity contribution in [3.8, 4) is 11.8 Å². The van der Waals surface area contributed by atoms with Crippen molar-refractivity contribution < 1.29 is 9.53 Å². The molecule has 2 rings (SSSR count). The van der Waals surface area contributed by atoms with Gasteiger partial charge in [0.15, 0.2) is 0 Å². The molecule has 0 bridgehead atoms. The smallest absolute Gasteiger partial charge is 0.311 e. The maximum Gasteiger partial charge on any atom is 0.311 e. The Kier molecular flexibility index (Phi) is 5.21. The second-order valence-corrected chi connectivity index (χ2v) is 5.20. The summed E-state index contributed by atoms with van der Waals surface area (Å²) >= 11 is 11.7. The average molecular weight is 320 g/mol. The third-order valence-electron chi connectivity index (χ3n) is 2.82. The Morgan fingerprint density at radius 2 is 1.86 bits per heavy atom. The van der Waals surface area contributed by atoms with Crippen LogP contribution in [0.3, 0.4) is 0 Å². The quantitative estimate of drug-likeness (QED) is 0.619. The lowest BCUT2D eigenvalue weighted by Crippen LogP contribution is -2.09. The van der Waals surface area contributed by atoms with E-state index in [1.54, 1.807) is 24.3 Å². The first-order valence-electron chi connectivity index (χ1n) is 6.23. The standard InChI is InChI=1S/C16H11Cl2NO2/c17-13-6-7-15(14(18)9-13)21-16(20)8-5-11-1-3-12(10-19)4-2-11/h1-4,6-7,9H,5,8H2. The van der Waals surface area contributed by atoms with Crippen LogP contribution in [-0.4, -0.2) is 5.97 Å². The zero-order valence-electron chi connectivity index (χ0n) is 11.0. The first kappa shape index (κ1) is 15.4. The van der Waals surface area contributed by atoms with E-state index in [4.69, 9.17) is 33.2 Å². The van der Waals surface area contributed by atoms with Crippen LogP contribution >= 0.6 is 23.2 Å². The van der Waals surface area contributed by atoms with Gasteiger partial charge < -0.3 is 4.74 Å². The van der Waals surface area contributed by atoms with Crippen LogP contribution in [0.25, 0.3) is 0 Å². The third-order valence-corrected chi connectivity index (χ3v) is 3.35. The molecule has 0 spiro atoms. The van der Waals surface area contributed by atoms with Gasteiger partial charge in [-0.05, 0) is 42.3 Å². The lowest BCUT2D eigenvalue weighted by Gasteiger charge is -2.06. The van der Waals surface area contributed by atoms with E-state index >= 15 is 0 Å². The van der Waals surface area contributed by atoms with Gasteiger partial charge in [0, 0.05) is 11.4 Å². The van der Waals surface area contributed by atoms with Gasteiger partial charge >= 0.3 is 5.97 Å². The fourth-order valence-electron chi connectivity index (χ4n) is 1.72. The Hall–Kier alpha value is -2.02. The van der Waals surface area contributed by atoms with Gasteiger partial charge in [-0.2, -0.15) is 5.26 Å². The highest BCUT2D eigenvalue weighted by Gasteiger charge is 2.09. The summed E-state index contributed by atoms with van der Waals surface area (Å²) in [7, 11) is 0. The molecule has 3 nitrogen and oxygen atoms in total. The number of carbonyl (C=O) groups excluding carboxylic acids is 1. The maximum atomic E-state index is 11.8. The van der Waals surface area contributed by atoms with E-state index in [-0.39, 0.29) is 12.4 Å². The van der Waals surface area contributed by atoms with Crippen LogP contribution in [0.15, 0.2) is 42.5 Å². The zero-order chi connectivity index (χ0) is 15.2. The van der Waals surface area contributed by atoms with Crippen molar-refractivity contribution in [3.63, 3.8) is 0 Å². The summed E-state index contributed by atoms with van der Waals surface area (Å²) in [5.41, 5.74) is 1.56. The molecular formula is C16H11Cl2NO2. The summed E-state index contributed by atoms with van der Waals surface area (Å²) in [5.74, 6) is -0.0746. The van der Waals surface area contributed by atoms with Crippen LogP contribution in [0.1, 0.15) is 17.5 Å². The van der Waals surface area contributed by atoms with Crippen LogP contribution in [-0.2, 0) is 11.2 Å². The lowest BCUT2D eigenvalue weighted by atomic mass is 10.1. The van der Waals surface area contributed by atoms with Gasteiger partial charge in [-0.3, -0.25) is 4.79 Å². The molecule has 0 aliphatic rings. The molecular weight excluding hydrogens is 309 g/mol. The number of rotatable bonds is 4. The van der Waals surface area contributed by atoms with E-state index in [0.717, 1.165) is 5.56 Å². The fraction of sp³-hybridized carbons (Fsp3) is 0.125. The molecule has 0 atom stereocenters. The molecule has 0 aliphatic heterocycles. The van der Waals surface area contributed by atoms with Gasteiger partial charge in [-0.15, -0.1) is 0 Å². The molecule has 0 amide bonds. The van der Waals surface area contributed by atoms with E-state index in [9.17, 15) is 4.79 Å². The Bertz CT molecular complexity index is 690. The number of hydrogen-bond acceptors (Lipinski definition) is 3. The summed E-state index contributed by atoms with van der Waals surface area (Å²) in [6.45, 7) is 0. The van der Waals surface area contributed by atoms with Crippen molar-refractivity contribution in [1.82, 2.24) is 0 Å². The predicted octanol–water partition coefficient (Wildman–Crippen LogP) is 4.40. The van der Waals surface area contributed by atoms with E-state index in [2.05, 4.69) is 0 Å². The first-order chi connectivity index (χ1) is 10.1. The van der Waals surface area contributed by atoms with Gasteiger partial charge in [-0.25, -0.2) is 0 Å². The number of carbonyl (C=O) groups is 1. The second-order valence-electron chi connectivity index (χ2n) is 4.36. The monoisotopic (exact) mass is 319 g/mol. The number of nitrogens with zero attached hydrogens (tertiary/aromatic N) is 1. The Morgan fingerprint density at radius 3 is 2.48 bits per heavy atom. The van der Waals surface area contributed by atoms with Crippen molar-refractivity contribution in [2.45, 2.75) is 12.8 Å². The van der Waals surface area contributed by atoms with Crippen molar-refractivity contribution in [3.05, 3.63) is 63.6 Å². The van der Waals surface area contributed by atoms with Crippen molar-refractivity contribution >= 4 is 29.2 Å². The Labute approximate surface area is 132 Å². The molecule has 21 heavy (non-hydrogen) atoms. The third kappa shape index (κ3) is 4.49. The Morgan fingerprint density at radius 1 is 1.14 bits per heavy atom. The lowest BCUT2D eigenvalue weighted by molar-refractivity contribution is -0.134. The van der Waals surface area contributed by atoms with Crippen molar-refractivity contribution in [2.24, 2.45) is 0 Å². The highest BCUT2D eigenvalue weighted by atomic mass is 35.5. The van der Waals surface area contributed by atoms with E-state index < -0.39 is 0 Å². The minimum absolute atomic E-state index is 0.227. The summed E-state index contributed by atoms with van der Waals surface area (Å²) in [4.78, 5) is 11.8. The summed E-state index contributed by atoms with van der Waals surface area (Å²) in [5, 5.41) is 9.49. The van der Waals surface area contributed by atoms with E-state index in [0.29, 0.717) is 27.8 Å². The van der Waals surface area contributed by atoms with Crippen LogP contribution in [0.5, 0.6) is 5.75 Å². The van der Waals surface area contributed by atoms with Gasteiger partial charge in [0.25, 0.3) is 0 Å². The zero-order valence-corrected chi connectivity index (χ0v) is 12.5. The molecule has 106 valence electrons. The molecule has 2 aromatic carbocycles. The topological polar surface area (TPSA) is 50.1 Å². The molecule has 0 saturated carbocycles. The van der Waals surface area contributed by atoms with Crippen LogP contribution in [0, 0.1) is 11.3 Å². The molecule has 2 aromatic rings. The number of ether oxygens (including phenoxy) is 1. The molecule has 0 heterocycles. The number of esters is 1. The summed E-state index contributed by atoms with van der Waals surface area (Å²) in [6.07, 6.45) is 0.764. The highest BCUT2D eigenvalue weighted by molar-refractivity contribution is 6.35. The van der Waals surface area contributed by atoms with Crippen LogP contribution < -0.4 is 4.74 Å². The summed E-state index contributed by atoms with van der Waals surface area (Å²) < 4.78 is 5.18. The molecule has 0 fully saturated rings. The minimum Gasteiger partial charge on any atom is -0.425 e. The van der Waals surface area contributed by atoms with Gasteiger partial charge in [0.2, 0.25) is 0 Å². The van der Waals surface area contributed by atoms with Crippen LogP contribution in [0.2, 0.25) is 10.0 Å². The van der Waals surface area contributed by atoms with Gasteiger partial charge in [0.1, 0.15) is 5.75 Å². The molecule has 0 unspecified atom stereocenters. The number of aryl methyl sites for hydroxylation is 1. The highest BCUT2D eigenvalue weighted by Crippen LogP contribution is 2.27. The van der Waals surface area contributed by atoms with Crippen molar-refractivity contribution in [1.29, 1.82) is 5.26 Å². The van der Waals surface area contributed by atoms with E-state index in [1.807, 2.05) is 18.2 Å². The molecule has 0 aromatic heterocycles. The second kappa shape index (κ2) is 7.12. The van der Waals surface area contributed by atoms with E-state index in [1.165, 1.54) is 6.07 Å². The van der Waals surface area contributed by atoms with Crippen LogP contribution in [0.4, 0.5) is 0 Å². The van der Waals surface area contributed by atoms with Gasteiger partial charge in [0.05, 0.1) is 16.7 Å². The fourth-order valence-corrected chi connectivity index (χ4v) is 2.17.